The first-order valence-corrected chi connectivity index (χ1v) is 9.01. The number of unbranched alkanes of at least 4 members (excludes halogenated alkanes) is 1. The first-order valence-electron chi connectivity index (χ1n) is 9.01. The van der Waals surface area contributed by atoms with Gasteiger partial charge >= 0.3 is 12.1 Å². The van der Waals surface area contributed by atoms with Crippen molar-refractivity contribution >= 4 is 18.4 Å². The third-order valence-corrected chi connectivity index (χ3v) is 2.93. The summed E-state index contributed by atoms with van der Waals surface area (Å²) in [5.41, 5.74) is 4.14. The predicted octanol–water partition coefficient (Wildman–Crippen LogP) is 3.04. The van der Waals surface area contributed by atoms with E-state index in [4.69, 9.17) is 20.0 Å². The van der Waals surface area contributed by atoms with E-state index in [0.29, 0.717) is 26.0 Å². The molecule has 0 aromatic carbocycles. The van der Waals surface area contributed by atoms with Gasteiger partial charge in [-0.25, -0.2) is 9.59 Å². The summed E-state index contributed by atoms with van der Waals surface area (Å²) in [5.74, 6) is -0.525. The van der Waals surface area contributed by atoms with E-state index in [-0.39, 0.29) is 0 Å². The van der Waals surface area contributed by atoms with E-state index in [1.807, 2.05) is 0 Å². The molecule has 0 aliphatic carbocycles. The molecule has 0 saturated carbocycles. The summed E-state index contributed by atoms with van der Waals surface area (Å²) in [5, 5.41) is 3.74. The number of hydrogen-bond donors (Lipinski definition) is 1. The van der Waals surface area contributed by atoms with Crippen LogP contribution in [0.4, 0.5) is 4.79 Å². The molecule has 8 heteroatoms. The molecule has 26 heavy (non-hydrogen) atoms. The van der Waals surface area contributed by atoms with Crippen LogP contribution in [0, 0.1) is 0 Å². The van der Waals surface area contributed by atoms with Gasteiger partial charge in [-0.15, -0.1) is 0 Å². The highest BCUT2D eigenvalue weighted by molar-refractivity contribution is 5.90. The van der Waals surface area contributed by atoms with Crippen LogP contribution in [0.15, 0.2) is 5.16 Å². The Morgan fingerprint density at radius 2 is 1.65 bits per heavy atom. The fourth-order valence-corrected chi connectivity index (χ4v) is 1.95. The Bertz CT molecular complexity index is 466. The largest absolute Gasteiger partial charge is 0.458 e. The maximum absolute atomic E-state index is 12.7. The number of ether oxygens (including phenoxy) is 2. The van der Waals surface area contributed by atoms with E-state index in [9.17, 15) is 9.59 Å². The molecule has 0 aliphatic heterocycles. The van der Waals surface area contributed by atoms with Crippen LogP contribution in [-0.4, -0.2) is 53.7 Å². The third kappa shape index (κ3) is 10.9. The number of nitrogens with two attached hydrogens (primary N) is 1. The van der Waals surface area contributed by atoms with Crippen molar-refractivity contribution in [2.75, 3.05) is 13.2 Å². The van der Waals surface area contributed by atoms with Gasteiger partial charge in [0.15, 0.2) is 0 Å². The zero-order valence-electron chi connectivity index (χ0n) is 17.2. The highest BCUT2D eigenvalue weighted by Crippen LogP contribution is 2.18. The lowest BCUT2D eigenvalue weighted by atomic mass is 10.1. The predicted molar refractivity (Wildman–Crippen MR) is 101 cm³/mol. The topological polar surface area (TPSA) is 103 Å². The van der Waals surface area contributed by atoms with Crippen molar-refractivity contribution in [1.29, 1.82) is 0 Å². The number of carbonyl (C=O) groups excluding carboxylic acids is 2. The number of esters is 1. The lowest BCUT2D eigenvalue weighted by Gasteiger charge is -2.31. The number of oxime groups is 1. The molecule has 0 bridgehead atoms. The SMILES string of the molecule is CCON=CN(C(=O)OC(C)(C)C)[C@@H](CCCCN)C(=O)OC(C)(C)C. The minimum atomic E-state index is -0.875. The monoisotopic (exact) mass is 373 g/mol. The lowest BCUT2D eigenvalue weighted by Crippen LogP contribution is -2.48. The zero-order valence-corrected chi connectivity index (χ0v) is 17.2. The maximum atomic E-state index is 12.7. The third-order valence-electron chi connectivity index (χ3n) is 2.93. The molecule has 2 N–H and O–H groups in total. The second-order valence-corrected chi connectivity index (χ2v) is 7.86. The molecule has 0 aromatic heterocycles. The molecule has 0 aliphatic rings. The average Bonchev–Trinajstić information content (AvgIpc) is 2.45. The first-order chi connectivity index (χ1) is 11.9. The van der Waals surface area contributed by atoms with Crippen LogP contribution in [0.25, 0.3) is 0 Å². The van der Waals surface area contributed by atoms with E-state index in [2.05, 4.69) is 5.16 Å². The van der Waals surface area contributed by atoms with E-state index >= 15 is 0 Å². The van der Waals surface area contributed by atoms with Gasteiger partial charge in [-0.1, -0.05) is 5.16 Å². The van der Waals surface area contributed by atoms with E-state index in [1.165, 1.54) is 6.34 Å². The molecular formula is C18H35N3O5. The van der Waals surface area contributed by atoms with Crippen LogP contribution in [0.1, 0.15) is 67.7 Å². The molecule has 0 fully saturated rings. The van der Waals surface area contributed by atoms with Crippen molar-refractivity contribution in [2.45, 2.75) is 85.0 Å². The highest BCUT2D eigenvalue weighted by Gasteiger charge is 2.35. The van der Waals surface area contributed by atoms with Gasteiger partial charge in [0, 0.05) is 0 Å². The van der Waals surface area contributed by atoms with Crippen LogP contribution in [0.3, 0.4) is 0 Å². The van der Waals surface area contributed by atoms with Crippen molar-refractivity contribution in [3.8, 4) is 0 Å². The number of nitrogens with zero attached hydrogens (tertiary/aromatic N) is 2. The van der Waals surface area contributed by atoms with Crippen molar-refractivity contribution in [1.82, 2.24) is 4.90 Å². The van der Waals surface area contributed by atoms with Crippen LogP contribution < -0.4 is 5.73 Å². The maximum Gasteiger partial charge on any atom is 0.416 e. The summed E-state index contributed by atoms with van der Waals surface area (Å²) >= 11 is 0. The summed E-state index contributed by atoms with van der Waals surface area (Å²) in [6.07, 6.45) is 2.24. The summed E-state index contributed by atoms with van der Waals surface area (Å²) < 4.78 is 10.9. The second kappa shape index (κ2) is 11.0. The van der Waals surface area contributed by atoms with Crippen LogP contribution in [0.5, 0.6) is 0 Å². The average molecular weight is 373 g/mol. The van der Waals surface area contributed by atoms with Crippen molar-refractivity contribution in [2.24, 2.45) is 10.9 Å². The van der Waals surface area contributed by atoms with Gasteiger partial charge in [0.1, 0.15) is 30.2 Å². The Kier molecular flexibility index (Phi) is 10.2. The Balaban J connectivity index is 5.57. The summed E-state index contributed by atoms with van der Waals surface area (Å²) in [6.45, 7) is 13.2. The molecule has 0 unspecified atom stereocenters. The van der Waals surface area contributed by atoms with Gasteiger partial charge in [-0.05, 0) is 74.3 Å². The van der Waals surface area contributed by atoms with Crippen molar-refractivity contribution < 1.29 is 23.9 Å². The fraction of sp³-hybridized carbons (Fsp3) is 0.833. The van der Waals surface area contributed by atoms with E-state index < -0.39 is 29.3 Å². The Hall–Kier alpha value is -1.83. The van der Waals surface area contributed by atoms with Gasteiger partial charge in [0.05, 0.1) is 0 Å². The van der Waals surface area contributed by atoms with Crippen molar-refractivity contribution in [3.63, 3.8) is 0 Å². The molecule has 0 heterocycles. The van der Waals surface area contributed by atoms with Crippen LogP contribution in [0.2, 0.25) is 0 Å². The second-order valence-electron chi connectivity index (χ2n) is 7.86. The molecule has 1 amide bonds. The lowest BCUT2D eigenvalue weighted by molar-refractivity contribution is -0.160. The van der Waals surface area contributed by atoms with E-state index in [1.54, 1.807) is 48.5 Å². The van der Waals surface area contributed by atoms with Gasteiger partial charge < -0.3 is 20.0 Å². The number of amides is 1. The molecule has 0 saturated heterocycles. The molecule has 0 rings (SSSR count). The van der Waals surface area contributed by atoms with Crippen LogP contribution in [-0.2, 0) is 19.1 Å². The summed E-state index contributed by atoms with van der Waals surface area (Å²) in [6, 6.07) is -0.875. The minimum absolute atomic E-state index is 0.336. The molecule has 0 spiro atoms. The van der Waals surface area contributed by atoms with E-state index in [0.717, 1.165) is 11.3 Å². The number of rotatable bonds is 9. The molecule has 1 atom stereocenters. The highest BCUT2D eigenvalue weighted by atomic mass is 16.6. The standard InChI is InChI=1S/C18H35N3O5/c1-8-24-20-13-21(16(23)26-18(5,6)7)14(11-9-10-12-19)15(22)25-17(2,3)4/h13-14H,8-12,19H2,1-7H3/t14-/m0/s1. The van der Waals surface area contributed by atoms with Gasteiger partial charge in [-0.2, -0.15) is 0 Å². The Morgan fingerprint density at radius 3 is 2.12 bits per heavy atom. The summed E-state index contributed by atoms with van der Waals surface area (Å²) in [7, 11) is 0. The minimum Gasteiger partial charge on any atom is -0.458 e. The molecule has 0 aromatic rings. The van der Waals surface area contributed by atoms with Gasteiger partial charge in [0.2, 0.25) is 0 Å². The first kappa shape index (κ1) is 24.2. The smallest absolute Gasteiger partial charge is 0.416 e. The Labute approximate surface area is 157 Å². The molecule has 8 nitrogen and oxygen atoms in total. The number of hydrogen-bond acceptors (Lipinski definition) is 7. The molecule has 152 valence electrons. The fourth-order valence-electron chi connectivity index (χ4n) is 1.95. The Morgan fingerprint density at radius 1 is 1.08 bits per heavy atom. The normalized spacial score (nSPS) is 13.4. The summed E-state index contributed by atoms with van der Waals surface area (Å²) in [4.78, 5) is 31.4. The molecule has 0 radical (unpaired) electrons. The van der Waals surface area contributed by atoms with Crippen molar-refractivity contribution in [3.05, 3.63) is 0 Å². The molecular weight excluding hydrogens is 338 g/mol. The number of carbonyl (C=O) groups is 2. The van der Waals surface area contributed by atoms with Crippen LogP contribution >= 0.6 is 0 Å². The quantitative estimate of drug-likeness (QED) is 0.219. The zero-order chi connectivity index (χ0) is 20.4. The van der Waals surface area contributed by atoms with Gasteiger partial charge in [-0.3, -0.25) is 4.90 Å². The van der Waals surface area contributed by atoms with Gasteiger partial charge in [0.25, 0.3) is 0 Å².